The molecule has 10 rings (SSSR count). The first kappa shape index (κ1) is 47.2. The maximum Gasteiger partial charge on any atom is 0.240 e. The van der Waals surface area contributed by atoms with E-state index in [1.165, 1.54) is 77.3 Å². The van der Waals surface area contributed by atoms with Crippen molar-refractivity contribution in [3.8, 4) is 11.1 Å². The SMILES string of the molecule is CC(C)c1cc(C(C)C)c(B2c3ccccc3B(c3c(C(C)C)cc(C(C)C)cc3C(C)C)c3cc(-c4ccc(N5c6ccccc6N(c6ccccc6)c6ccccc65)cc4)ccc32)c(C(C)C)c1. The number of fused-ring (bicyclic) bond motifs is 4. The minimum absolute atomic E-state index is 0.0755. The molecule has 2 aliphatic heterocycles. The Morgan fingerprint density at radius 3 is 1.00 bits per heavy atom. The fraction of sp³-hybridized carbons (Fsp3) is 0.273. The van der Waals surface area contributed by atoms with E-state index in [1.807, 2.05) is 0 Å². The highest BCUT2D eigenvalue weighted by Gasteiger charge is 2.43. The van der Waals surface area contributed by atoms with E-state index in [1.54, 1.807) is 0 Å². The molecular formula is C66H70B2N2. The van der Waals surface area contributed by atoms with Crippen molar-refractivity contribution in [1.29, 1.82) is 0 Å². The van der Waals surface area contributed by atoms with Crippen molar-refractivity contribution in [2.24, 2.45) is 0 Å². The normalized spacial score (nSPS) is 13.2. The molecule has 350 valence electrons. The number of hydrogen-bond acceptors (Lipinski definition) is 2. The van der Waals surface area contributed by atoms with Gasteiger partial charge in [-0.15, -0.1) is 0 Å². The third kappa shape index (κ3) is 8.22. The van der Waals surface area contributed by atoms with Gasteiger partial charge in [0.2, 0.25) is 13.4 Å². The Bertz CT molecular complexity index is 3090. The maximum atomic E-state index is 2.60. The van der Waals surface area contributed by atoms with Crippen molar-refractivity contribution in [1.82, 2.24) is 0 Å². The Labute approximate surface area is 421 Å². The molecule has 70 heavy (non-hydrogen) atoms. The molecule has 0 amide bonds. The van der Waals surface area contributed by atoms with Crippen LogP contribution in [0.25, 0.3) is 11.1 Å². The molecule has 0 radical (unpaired) electrons. The van der Waals surface area contributed by atoms with Crippen molar-refractivity contribution in [2.75, 3.05) is 9.80 Å². The first-order chi connectivity index (χ1) is 33.7. The van der Waals surface area contributed by atoms with Gasteiger partial charge in [0.1, 0.15) is 0 Å². The van der Waals surface area contributed by atoms with Gasteiger partial charge in [-0.05, 0) is 129 Å². The maximum absolute atomic E-state index is 2.60. The van der Waals surface area contributed by atoms with Crippen LogP contribution in [-0.2, 0) is 0 Å². The fourth-order valence-corrected chi connectivity index (χ4v) is 11.8. The zero-order valence-corrected chi connectivity index (χ0v) is 43.7. The van der Waals surface area contributed by atoms with Crippen LogP contribution in [0.2, 0.25) is 0 Å². The first-order valence-corrected chi connectivity index (χ1v) is 26.2. The topological polar surface area (TPSA) is 6.48 Å². The Morgan fingerprint density at radius 2 is 0.614 bits per heavy atom. The van der Waals surface area contributed by atoms with Gasteiger partial charge < -0.3 is 9.80 Å². The average Bonchev–Trinajstić information content (AvgIpc) is 3.36. The van der Waals surface area contributed by atoms with Crippen LogP contribution in [0.15, 0.2) is 170 Å². The van der Waals surface area contributed by atoms with Crippen LogP contribution >= 0.6 is 0 Å². The molecule has 0 spiro atoms. The molecule has 0 fully saturated rings. The highest BCUT2D eigenvalue weighted by molar-refractivity contribution is 7.11. The lowest BCUT2D eigenvalue weighted by Crippen LogP contribution is -2.76. The smallest absolute Gasteiger partial charge is 0.240 e. The molecule has 0 saturated heterocycles. The third-order valence-electron chi connectivity index (χ3n) is 15.5. The molecule has 0 aromatic heterocycles. The van der Waals surface area contributed by atoms with Crippen molar-refractivity contribution in [3.63, 3.8) is 0 Å². The van der Waals surface area contributed by atoms with Gasteiger partial charge in [-0.25, -0.2) is 0 Å². The quantitative estimate of drug-likeness (QED) is 0.119. The van der Waals surface area contributed by atoms with E-state index in [4.69, 9.17) is 0 Å². The molecule has 8 aromatic carbocycles. The second kappa shape index (κ2) is 19.0. The molecule has 2 nitrogen and oxygen atoms in total. The molecule has 4 heteroatoms. The largest absolute Gasteiger partial charge is 0.306 e. The summed E-state index contributed by atoms with van der Waals surface area (Å²) in [6.45, 7) is 28.8. The van der Waals surface area contributed by atoms with Gasteiger partial charge in [0.15, 0.2) is 0 Å². The van der Waals surface area contributed by atoms with Gasteiger partial charge >= 0.3 is 0 Å². The highest BCUT2D eigenvalue weighted by Crippen LogP contribution is 2.54. The summed E-state index contributed by atoms with van der Waals surface area (Å²) in [7, 11) is 0. The summed E-state index contributed by atoms with van der Waals surface area (Å²) in [6, 6.07) is 65.0. The van der Waals surface area contributed by atoms with Crippen LogP contribution in [0.5, 0.6) is 0 Å². The lowest BCUT2D eigenvalue weighted by atomic mass is 9.20. The third-order valence-corrected chi connectivity index (χ3v) is 15.5. The minimum Gasteiger partial charge on any atom is -0.306 e. The molecule has 8 aromatic rings. The summed E-state index contributed by atoms with van der Waals surface area (Å²) in [5, 5.41) is 0. The van der Waals surface area contributed by atoms with Crippen LogP contribution in [0.1, 0.15) is 152 Å². The Balaban J connectivity index is 1.19. The number of rotatable bonds is 11. The molecule has 0 atom stereocenters. The summed E-state index contributed by atoms with van der Waals surface area (Å²) in [5.74, 6) is 2.38. The molecule has 0 bridgehead atoms. The number of para-hydroxylation sites is 5. The second-order valence-electron chi connectivity index (χ2n) is 22.0. The summed E-state index contributed by atoms with van der Waals surface area (Å²) in [6.07, 6.45) is 0. The van der Waals surface area contributed by atoms with Crippen molar-refractivity contribution in [3.05, 3.63) is 203 Å². The molecular weight excluding hydrogens is 842 g/mol. The zero-order chi connectivity index (χ0) is 49.1. The van der Waals surface area contributed by atoms with Crippen LogP contribution in [0.4, 0.5) is 34.1 Å². The Kier molecular flexibility index (Phi) is 12.8. The molecule has 0 saturated carbocycles. The summed E-state index contributed by atoms with van der Waals surface area (Å²) < 4.78 is 0. The van der Waals surface area contributed by atoms with Crippen LogP contribution < -0.4 is 42.6 Å². The number of nitrogens with zero attached hydrogens (tertiary/aromatic N) is 2. The fourth-order valence-electron chi connectivity index (χ4n) is 11.8. The minimum atomic E-state index is 0.0755. The van der Waals surface area contributed by atoms with Crippen molar-refractivity contribution < 1.29 is 0 Å². The van der Waals surface area contributed by atoms with Gasteiger partial charge in [-0.2, -0.15) is 0 Å². The molecule has 2 aliphatic rings. The predicted octanol–water partition coefficient (Wildman–Crippen LogP) is 14.7. The Morgan fingerprint density at radius 1 is 0.286 bits per heavy atom. The summed E-state index contributed by atoms with van der Waals surface area (Å²) in [4.78, 5) is 4.83. The number of hydrogen-bond donors (Lipinski definition) is 0. The monoisotopic (exact) mass is 913 g/mol. The highest BCUT2D eigenvalue weighted by atomic mass is 15.3. The molecule has 0 unspecified atom stereocenters. The number of benzene rings is 8. The lowest BCUT2D eigenvalue weighted by Gasteiger charge is -2.40. The standard InChI is InChI=1S/C66H70B2N2/c1-41(2)49-36-53(43(5)6)65(54(37-49)44(7)8)67-57-24-16-17-25-58(57)68(66-55(45(9)10)38-50(42(3)4)39-56(66)46(11)12)60-40-48(32-35-59(60)67)47-30-33-52(34-31-47)70-63-28-20-18-26-61(63)69(51-22-14-13-15-23-51)62-27-19-21-29-64(62)70/h13-46H,1-12H3. The Hall–Kier alpha value is -6.51. The van der Waals surface area contributed by atoms with E-state index in [2.05, 4.69) is 263 Å². The van der Waals surface area contributed by atoms with E-state index in [0.29, 0.717) is 35.5 Å². The average molecular weight is 913 g/mol. The molecule has 2 heterocycles. The molecule has 0 aliphatic carbocycles. The van der Waals surface area contributed by atoms with E-state index in [0.717, 1.165) is 34.1 Å². The van der Waals surface area contributed by atoms with Crippen molar-refractivity contribution >= 4 is 80.3 Å². The van der Waals surface area contributed by atoms with Crippen LogP contribution in [-0.4, -0.2) is 13.4 Å². The van der Waals surface area contributed by atoms with E-state index < -0.39 is 0 Å². The number of anilines is 6. The second-order valence-corrected chi connectivity index (χ2v) is 22.0. The van der Waals surface area contributed by atoms with E-state index in [-0.39, 0.29) is 13.4 Å². The van der Waals surface area contributed by atoms with Gasteiger partial charge in [-0.3, -0.25) is 0 Å². The van der Waals surface area contributed by atoms with E-state index >= 15 is 0 Å². The van der Waals surface area contributed by atoms with Gasteiger partial charge in [0, 0.05) is 11.4 Å². The van der Waals surface area contributed by atoms with Gasteiger partial charge in [-0.1, -0.05) is 237 Å². The van der Waals surface area contributed by atoms with Crippen molar-refractivity contribution in [2.45, 2.75) is 119 Å². The van der Waals surface area contributed by atoms with Crippen LogP contribution in [0, 0.1) is 0 Å². The first-order valence-electron chi connectivity index (χ1n) is 26.2. The van der Waals surface area contributed by atoms with Gasteiger partial charge in [0.25, 0.3) is 0 Å². The van der Waals surface area contributed by atoms with E-state index in [9.17, 15) is 0 Å². The van der Waals surface area contributed by atoms with Crippen LogP contribution in [0.3, 0.4) is 0 Å². The van der Waals surface area contributed by atoms with Gasteiger partial charge in [0.05, 0.1) is 22.7 Å². The molecule has 0 N–H and O–H groups in total. The predicted molar refractivity (Wildman–Crippen MR) is 308 cm³/mol. The summed E-state index contributed by atoms with van der Waals surface area (Å²) >= 11 is 0. The summed E-state index contributed by atoms with van der Waals surface area (Å²) in [5.41, 5.74) is 27.0. The zero-order valence-electron chi connectivity index (χ0n) is 43.7. The lowest BCUT2D eigenvalue weighted by molar-refractivity contribution is 0.812.